The molecule has 2 N–H and O–H groups in total. The Bertz CT molecular complexity index is 327. The first-order chi connectivity index (χ1) is 7.60. The molecule has 0 saturated carbocycles. The van der Waals surface area contributed by atoms with Gasteiger partial charge in [-0.05, 0) is 25.0 Å². The number of aromatic nitrogens is 1. The third-order valence-electron chi connectivity index (χ3n) is 2.29. The first kappa shape index (κ1) is 12.9. The van der Waals surface area contributed by atoms with Crippen LogP contribution in [0.4, 0.5) is 0 Å². The van der Waals surface area contributed by atoms with E-state index in [1.165, 1.54) is 0 Å². The number of nitrogens with two attached hydrogens (primary N) is 1. The summed E-state index contributed by atoms with van der Waals surface area (Å²) < 4.78 is 10.6. The average molecular weight is 224 g/mol. The number of ether oxygens (including phenoxy) is 2. The summed E-state index contributed by atoms with van der Waals surface area (Å²) in [6.45, 7) is 5.12. The van der Waals surface area contributed by atoms with E-state index in [0.717, 1.165) is 17.7 Å². The summed E-state index contributed by atoms with van der Waals surface area (Å²) in [7, 11) is 1.63. The summed E-state index contributed by atoms with van der Waals surface area (Å²) >= 11 is 0. The smallest absolute Gasteiger partial charge is 0.137 e. The van der Waals surface area contributed by atoms with E-state index in [2.05, 4.69) is 11.9 Å². The molecule has 0 fully saturated rings. The van der Waals surface area contributed by atoms with Crippen molar-refractivity contribution in [1.82, 2.24) is 4.98 Å². The Hall–Kier alpha value is -1.13. The second-order valence-corrected chi connectivity index (χ2v) is 4.11. The number of hydrogen-bond donors (Lipinski definition) is 1. The minimum absolute atomic E-state index is 0.450. The van der Waals surface area contributed by atoms with Gasteiger partial charge in [-0.15, -0.1) is 0 Å². The Morgan fingerprint density at radius 3 is 2.81 bits per heavy atom. The van der Waals surface area contributed by atoms with Gasteiger partial charge in [0.05, 0.1) is 24.9 Å². The van der Waals surface area contributed by atoms with Gasteiger partial charge in [-0.2, -0.15) is 0 Å². The van der Waals surface area contributed by atoms with Crippen LogP contribution in [0.2, 0.25) is 0 Å². The SMILES string of the molecule is CCCOc1cncc(C(C)(N)COC)c1. The van der Waals surface area contributed by atoms with E-state index in [1.807, 2.05) is 13.0 Å². The van der Waals surface area contributed by atoms with Gasteiger partial charge >= 0.3 is 0 Å². The van der Waals surface area contributed by atoms with Crippen LogP contribution in [0.3, 0.4) is 0 Å². The minimum atomic E-state index is -0.534. The molecule has 0 aliphatic heterocycles. The van der Waals surface area contributed by atoms with Gasteiger partial charge in [0.15, 0.2) is 0 Å². The first-order valence-electron chi connectivity index (χ1n) is 5.46. The summed E-state index contributed by atoms with van der Waals surface area (Å²) in [5.41, 5.74) is 6.51. The fourth-order valence-electron chi connectivity index (χ4n) is 1.41. The molecule has 1 unspecified atom stereocenters. The Balaban J connectivity index is 2.80. The van der Waals surface area contributed by atoms with Gasteiger partial charge in [-0.3, -0.25) is 4.98 Å². The number of hydrogen-bond acceptors (Lipinski definition) is 4. The second kappa shape index (κ2) is 5.82. The van der Waals surface area contributed by atoms with Crippen molar-refractivity contribution < 1.29 is 9.47 Å². The van der Waals surface area contributed by atoms with Crippen LogP contribution in [-0.2, 0) is 10.3 Å². The van der Waals surface area contributed by atoms with Gasteiger partial charge in [-0.1, -0.05) is 6.92 Å². The van der Waals surface area contributed by atoms with Crippen molar-refractivity contribution in [3.63, 3.8) is 0 Å². The van der Waals surface area contributed by atoms with Crippen molar-refractivity contribution >= 4 is 0 Å². The molecule has 0 aromatic carbocycles. The van der Waals surface area contributed by atoms with E-state index >= 15 is 0 Å². The van der Waals surface area contributed by atoms with Crippen LogP contribution in [0, 0.1) is 0 Å². The summed E-state index contributed by atoms with van der Waals surface area (Å²) in [5, 5.41) is 0. The van der Waals surface area contributed by atoms with Crippen molar-refractivity contribution in [1.29, 1.82) is 0 Å². The van der Waals surface area contributed by atoms with Crippen LogP contribution >= 0.6 is 0 Å². The number of pyridine rings is 1. The van der Waals surface area contributed by atoms with Gasteiger partial charge in [0.1, 0.15) is 5.75 Å². The van der Waals surface area contributed by atoms with Gasteiger partial charge in [0, 0.05) is 13.3 Å². The van der Waals surface area contributed by atoms with Crippen LogP contribution in [0.5, 0.6) is 5.75 Å². The molecular formula is C12H20N2O2. The molecule has 4 heteroatoms. The molecule has 0 bridgehead atoms. The predicted octanol–water partition coefficient (Wildman–Crippen LogP) is 1.69. The lowest BCUT2D eigenvalue weighted by molar-refractivity contribution is 0.140. The minimum Gasteiger partial charge on any atom is -0.492 e. The van der Waals surface area contributed by atoms with Crippen molar-refractivity contribution in [2.75, 3.05) is 20.3 Å². The molecule has 1 atom stereocenters. The highest BCUT2D eigenvalue weighted by Gasteiger charge is 2.21. The average Bonchev–Trinajstić information content (AvgIpc) is 2.27. The van der Waals surface area contributed by atoms with Crippen LogP contribution < -0.4 is 10.5 Å². The lowest BCUT2D eigenvalue weighted by Gasteiger charge is -2.24. The zero-order chi connectivity index (χ0) is 12.0. The van der Waals surface area contributed by atoms with Crippen molar-refractivity contribution in [3.8, 4) is 5.75 Å². The highest BCUT2D eigenvalue weighted by atomic mass is 16.5. The summed E-state index contributed by atoms with van der Waals surface area (Å²) in [4.78, 5) is 4.13. The molecule has 90 valence electrons. The molecule has 16 heavy (non-hydrogen) atoms. The third-order valence-corrected chi connectivity index (χ3v) is 2.29. The Kier molecular flexibility index (Phi) is 4.71. The number of nitrogens with zero attached hydrogens (tertiary/aromatic N) is 1. The zero-order valence-electron chi connectivity index (χ0n) is 10.2. The number of rotatable bonds is 6. The molecule has 0 spiro atoms. The summed E-state index contributed by atoms with van der Waals surface area (Å²) in [6.07, 6.45) is 4.42. The molecule has 4 nitrogen and oxygen atoms in total. The van der Waals surface area contributed by atoms with Gasteiger partial charge in [-0.25, -0.2) is 0 Å². The first-order valence-corrected chi connectivity index (χ1v) is 5.46. The van der Waals surface area contributed by atoms with Crippen LogP contribution in [0.15, 0.2) is 18.5 Å². The molecule has 1 rings (SSSR count). The lowest BCUT2D eigenvalue weighted by atomic mass is 9.96. The maximum atomic E-state index is 6.13. The standard InChI is InChI=1S/C12H20N2O2/c1-4-5-16-11-6-10(7-14-8-11)12(2,13)9-15-3/h6-8H,4-5,9,13H2,1-3H3. The fraction of sp³-hybridized carbons (Fsp3) is 0.583. The lowest BCUT2D eigenvalue weighted by Crippen LogP contribution is -2.37. The molecular weight excluding hydrogens is 204 g/mol. The van der Waals surface area contributed by atoms with Crippen molar-refractivity contribution in [2.24, 2.45) is 5.73 Å². The van der Waals surface area contributed by atoms with Crippen LogP contribution in [0.1, 0.15) is 25.8 Å². The van der Waals surface area contributed by atoms with E-state index in [4.69, 9.17) is 15.2 Å². The molecule has 0 saturated heterocycles. The maximum absolute atomic E-state index is 6.13. The topological polar surface area (TPSA) is 57.4 Å². The molecule has 0 radical (unpaired) electrons. The monoisotopic (exact) mass is 224 g/mol. The van der Waals surface area contributed by atoms with Gasteiger partial charge < -0.3 is 15.2 Å². The molecule has 0 aliphatic rings. The van der Waals surface area contributed by atoms with Gasteiger partial charge in [0.2, 0.25) is 0 Å². The van der Waals surface area contributed by atoms with Gasteiger partial charge in [0.25, 0.3) is 0 Å². The van der Waals surface area contributed by atoms with Crippen LogP contribution in [-0.4, -0.2) is 25.3 Å². The molecule has 1 heterocycles. The predicted molar refractivity (Wildman–Crippen MR) is 63.4 cm³/mol. The summed E-state index contributed by atoms with van der Waals surface area (Å²) in [5.74, 6) is 0.757. The molecule has 0 amide bonds. The summed E-state index contributed by atoms with van der Waals surface area (Å²) in [6, 6.07) is 1.92. The number of methoxy groups -OCH3 is 1. The molecule has 1 aromatic rings. The Morgan fingerprint density at radius 2 is 2.19 bits per heavy atom. The highest BCUT2D eigenvalue weighted by molar-refractivity contribution is 5.28. The molecule has 1 aromatic heterocycles. The Labute approximate surface area is 96.8 Å². The second-order valence-electron chi connectivity index (χ2n) is 4.11. The van der Waals surface area contributed by atoms with E-state index in [0.29, 0.717) is 13.2 Å². The third kappa shape index (κ3) is 3.47. The van der Waals surface area contributed by atoms with E-state index < -0.39 is 5.54 Å². The fourth-order valence-corrected chi connectivity index (χ4v) is 1.41. The molecule has 0 aliphatic carbocycles. The van der Waals surface area contributed by atoms with E-state index in [1.54, 1.807) is 19.5 Å². The van der Waals surface area contributed by atoms with Crippen molar-refractivity contribution in [2.45, 2.75) is 25.8 Å². The Morgan fingerprint density at radius 1 is 1.44 bits per heavy atom. The quantitative estimate of drug-likeness (QED) is 0.799. The normalized spacial score (nSPS) is 14.5. The largest absolute Gasteiger partial charge is 0.492 e. The van der Waals surface area contributed by atoms with Crippen LogP contribution in [0.25, 0.3) is 0 Å². The van der Waals surface area contributed by atoms with E-state index in [9.17, 15) is 0 Å². The van der Waals surface area contributed by atoms with E-state index in [-0.39, 0.29) is 0 Å². The maximum Gasteiger partial charge on any atom is 0.137 e. The zero-order valence-corrected chi connectivity index (χ0v) is 10.2. The van der Waals surface area contributed by atoms with Crippen molar-refractivity contribution in [3.05, 3.63) is 24.0 Å². The highest BCUT2D eigenvalue weighted by Crippen LogP contribution is 2.21.